The fourth-order valence-corrected chi connectivity index (χ4v) is 2.70. The smallest absolute Gasteiger partial charge is 0.227 e. The normalized spacial score (nSPS) is 22.0. The van der Waals surface area contributed by atoms with Gasteiger partial charge in [-0.2, -0.15) is 4.72 Å². The summed E-state index contributed by atoms with van der Waals surface area (Å²) in [5.74, 6) is 0. The van der Waals surface area contributed by atoms with Crippen molar-refractivity contribution in [1.82, 2.24) is 4.72 Å². The van der Waals surface area contributed by atoms with Crippen LogP contribution >= 0.6 is 0 Å². The van der Waals surface area contributed by atoms with Gasteiger partial charge in [-0.3, -0.25) is 0 Å². The lowest BCUT2D eigenvalue weighted by molar-refractivity contribution is 0.561. The van der Waals surface area contributed by atoms with Crippen LogP contribution in [-0.2, 0) is 20.9 Å². The number of primary sulfonamides is 1. The molecule has 1 aliphatic rings. The van der Waals surface area contributed by atoms with Crippen molar-refractivity contribution in [1.29, 1.82) is 0 Å². The largest absolute Gasteiger partial charge is 0.228 e. The summed E-state index contributed by atoms with van der Waals surface area (Å²) in [5, 5.41) is 4.77. The predicted octanol–water partition coefficient (Wildman–Crippen LogP) is -2.12. The lowest BCUT2D eigenvalue weighted by Crippen LogP contribution is -2.42. The van der Waals surface area contributed by atoms with Crippen LogP contribution in [0.5, 0.6) is 0 Å². The Labute approximate surface area is 65.9 Å². The highest BCUT2D eigenvalue weighted by atomic mass is 32.2. The number of hydrogen-bond acceptors (Lipinski definition) is 4. The van der Waals surface area contributed by atoms with Crippen molar-refractivity contribution in [2.45, 2.75) is 17.7 Å². The van der Waals surface area contributed by atoms with E-state index in [0.717, 1.165) is 0 Å². The highest BCUT2D eigenvalue weighted by Gasteiger charge is 2.53. The molecule has 0 bridgehead atoms. The average molecular weight is 200 g/mol. The summed E-state index contributed by atoms with van der Waals surface area (Å²) in [5.41, 5.74) is 0. The third-order valence-corrected chi connectivity index (χ3v) is 3.91. The number of thiol groups is 1. The molecule has 3 N–H and O–H groups in total. The second kappa shape index (κ2) is 2.41. The third-order valence-electron chi connectivity index (χ3n) is 1.54. The fourth-order valence-electron chi connectivity index (χ4n) is 0.740. The molecule has 0 radical (unpaired) electrons. The zero-order valence-electron chi connectivity index (χ0n) is 5.48. The van der Waals surface area contributed by atoms with Crippen LogP contribution in [0.1, 0.15) is 12.8 Å². The highest BCUT2D eigenvalue weighted by molar-refractivity contribution is 7.91. The molecule has 0 aliphatic heterocycles. The van der Waals surface area contributed by atoms with Crippen molar-refractivity contribution in [2.24, 2.45) is 5.14 Å². The molecule has 66 valence electrons. The van der Waals surface area contributed by atoms with Gasteiger partial charge in [-0.05, 0) is 12.8 Å². The molecule has 1 aliphatic carbocycles. The Morgan fingerprint density at radius 2 is 1.82 bits per heavy atom. The molecule has 0 aromatic heterocycles. The monoisotopic (exact) mass is 200 g/mol. The van der Waals surface area contributed by atoms with Crippen LogP contribution in [0.15, 0.2) is 0 Å². The zero-order valence-corrected chi connectivity index (χ0v) is 7.19. The Morgan fingerprint density at radius 3 is 1.91 bits per heavy atom. The van der Waals surface area contributed by atoms with Crippen molar-refractivity contribution in [3.8, 4) is 0 Å². The van der Waals surface area contributed by atoms with Crippen molar-refractivity contribution < 1.29 is 16.8 Å². The third kappa shape index (κ3) is 1.70. The minimum Gasteiger partial charge on any atom is -0.227 e. The molecule has 8 heteroatoms. The molecule has 1 fully saturated rings. The first kappa shape index (κ1) is 8.91. The standard InChI is InChI=1S/C3H8N2O4S2/c4-11(8,9)3(1-2-3)5-10(6)7/h10H,1-2H2,(H2,4,8,9)(H,5,6,7). The first-order chi connectivity index (χ1) is 4.87. The lowest BCUT2D eigenvalue weighted by atomic mass is 10.8. The van der Waals surface area contributed by atoms with E-state index in [1.165, 1.54) is 0 Å². The van der Waals surface area contributed by atoms with E-state index in [9.17, 15) is 16.8 Å². The van der Waals surface area contributed by atoms with E-state index in [0.29, 0.717) is 0 Å². The average Bonchev–Trinajstić information content (AvgIpc) is 2.42. The van der Waals surface area contributed by atoms with E-state index >= 15 is 0 Å². The van der Waals surface area contributed by atoms with E-state index in [-0.39, 0.29) is 12.8 Å². The van der Waals surface area contributed by atoms with Crippen molar-refractivity contribution in [3.05, 3.63) is 0 Å². The van der Waals surface area contributed by atoms with Crippen molar-refractivity contribution >= 4 is 20.9 Å². The molecule has 6 nitrogen and oxygen atoms in total. The fraction of sp³-hybridized carbons (Fsp3) is 1.00. The number of nitrogens with two attached hydrogens (primary N) is 1. The van der Waals surface area contributed by atoms with Gasteiger partial charge in [0, 0.05) is 0 Å². The first-order valence-electron chi connectivity index (χ1n) is 2.82. The Morgan fingerprint density at radius 1 is 1.36 bits per heavy atom. The van der Waals surface area contributed by atoms with E-state index in [1.54, 1.807) is 0 Å². The maximum Gasteiger partial charge on any atom is 0.228 e. The van der Waals surface area contributed by atoms with Gasteiger partial charge < -0.3 is 0 Å². The van der Waals surface area contributed by atoms with Crippen molar-refractivity contribution in [3.63, 3.8) is 0 Å². The van der Waals surface area contributed by atoms with E-state index in [1.807, 2.05) is 4.72 Å². The number of sulfonamides is 1. The van der Waals surface area contributed by atoms with Gasteiger partial charge in [0.1, 0.15) is 4.87 Å². The molecule has 0 saturated heterocycles. The van der Waals surface area contributed by atoms with Gasteiger partial charge in [-0.25, -0.2) is 22.0 Å². The molecule has 0 atom stereocenters. The molecule has 0 heterocycles. The van der Waals surface area contributed by atoms with Gasteiger partial charge in [-0.1, -0.05) is 0 Å². The molecule has 0 spiro atoms. The maximum absolute atomic E-state index is 10.7. The van der Waals surface area contributed by atoms with Crippen LogP contribution in [0.2, 0.25) is 0 Å². The summed E-state index contributed by atoms with van der Waals surface area (Å²) in [6, 6.07) is 0. The van der Waals surface area contributed by atoms with Gasteiger partial charge in [0.2, 0.25) is 20.9 Å². The lowest BCUT2D eigenvalue weighted by Gasteiger charge is -2.08. The maximum atomic E-state index is 10.7. The number of nitrogens with one attached hydrogen (secondary N) is 1. The SMILES string of the molecule is NS(=O)(=O)C1(N[SH](=O)=O)CC1. The second-order valence-electron chi connectivity index (χ2n) is 2.41. The molecule has 11 heavy (non-hydrogen) atoms. The Hall–Kier alpha value is -0.180. The Bertz CT molecular complexity index is 317. The molecule has 0 aromatic carbocycles. The molecular weight excluding hydrogens is 192 g/mol. The van der Waals surface area contributed by atoms with Crippen LogP contribution in [0, 0.1) is 0 Å². The van der Waals surface area contributed by atoms with E-state index < -0.39 is 25.8 Å². The molecule has 0 unspecified atom stereocenters. The molecule has 0 aromatic rings. The highest BCUT2D eigenvalue weighted by Crippen LogP contribution is 2.38. The minimum atomic E-state index is -3.78. The van der Waals surface area contributed by atoms with Crippen molar-refractivity contribution in [2.75, 3.05) is 0 Å². The van der Waals surface area contributed by atoms with Crippen LogP contribution < -0.4 is 9.86 Å². The molecular formula is C3H8N2O4S2. The second-order valence-corrected chi connectivity index (χ2v) is 5.02. The quantitative estimate of drug-likeness (QED) is 0.453. The van der Waals surface area contributed by atoms with Gasteiger partial charge >= 0.3 is 0 Å². The minimum absolute atomic E-state index is 0.259. The first-order valence-corrected chi connectivity index (χ1v) is 5.54. The summed E-state index contributed by atoms with van der Waals surface area (Å²) in [7, 11) is -6.68. The van der Waals surface area contributed by atoms with Crippen LogP contribution in [0.4, 0.5) is 0 Å². The summed E-state index contributed by atoms with van der Waals surface area (Å²) >= 11 is 0. The number of hydrogen-bond donors (Lipinski definition) is 3. The molecule has 1 saturated carbocycles. The van der Waals surface area contributed by atoms with Gasteiger partial charge in [0.25, 0.3) is 0 Å². The molecule has 0 amide bonds. The summed E-state index contributed by atoms with van der Waals surface area (Å²) in [6.07, 6.45) is 0.518. The van der Waals surface area contributed by atoms with Gasteiger partial charge in [0.15, 0.2) is 0 Å². The van der Waals surface area contributed by atoms with Gasteiger partial charge in [0.05, 0.1) is 0 Å². The van der Waals surface area contributed by atoms with E-state index in [2.05, 4.69) is 0 Å². The van der Waals surface area contributed by atoms with E-state index in [4.69, 9.17) is 5.14 Å². The zero-order chi connectivity index (χ0) is 8.70. The Kier molecular flexibility index (Phi) is 1.95. The Balaban J connectivity index is 2.86. The topological polar surface area (TPSA) is 106 Å². The predicted molar refractivity (Wildman–Crippen MR) is 38.5 cm³/mol. The number of rotatable bonds is 3. The van der Waals surface area contributed by atoms with Crippen LogP contribution in [-0.4, -0.2) is 21.7 Å². The van der Waals surface area contributed by atoms with Crippen LogP contribution in [0.25, 0.3) is 0 Å². The van der Waals surface area contributed by atoms with Crippen LogP contribution in [0.3, 0.4) is 0 Å². The summed E-state index contributed by atoms with van der Waals surface area (Å²) in [6.45, 7) is 0. The summed E-state index contributed by atoms with van der Waals surface area (Å²) < 4.78 is 43.5. The summed E-state index contributed by atoms with van der Waals surface area (Å²) in [4.78, 5) is -1.39. The molecule has 1 rings (SSSR count). The van der Waals surface area contributed by atoms with Gasteiger partial charge in [-0.15, -0.1) is 0 Å².